The van der Waals surface area contributed by atoms with E-state index in [2.05, 4.69) is 10.6 Å². The van der Waals surface area contributed by atoms with Gasteiger partial charge >= 0.3 is 0 Å². The number of hydrogen-bond donors (Lipinski definition) is 3. The SMILES string of the molecule is C[C@@H](O)[C@H]1N[C@]2(C(=O)Nc3ccc(F)cc32)[C@@H]2C(=O)N(C(C)(C)C)C(=O)[C@H]12. The highest BCUT2D eigenvalue weighted by molar-refractivity contribution is 6.15. The Morgan fingerprint density at radius 2 is 1.89 bits per heavy atom. The molecule has 1 aromatic carbocycles. The molecule has 8 heteroatoms. The fourth-order valence-corrected chi connectivity index (χ4v) is 4.78. The molecule has 0 aromatic heterocycles. The Bertz CT molecular complexity index is 878. The minimum absolute atomic E-state index is 0.294. The first-order chi connectivity index (χ1) is 12.5. The Kier molecular flexibility index (Phi) is 3.58. The molecule has 0 aliphatic carbocycles. The number of carbonyl (C=O) groups is 3. The van der Waals surface area contributed by atoms with Crippen molar-refractivity contribution in [1.29, 1.82) is 0 Å². The summed E-state index contributed by atoms with van der Waals surface area (Å²) in [6.07, 6.45) is -0.987. The Morgan fingerprint density at radius 3 is 2.48 bits per heavy atom. The van der Waals surface area contributed by atoms with Gasteiger partial charge in [0.2, 0.25) is 17.7 Å². The number of benzene rings is 1. The van der Waals surface area contributed by atoms with Crippen LogP contribution < -0.4 is 10.6 Å². The van der Waals surface area contributed by atoms with Gasteiger partial charge in [-0.2, -0.15) is 0 Å². The molecule has 27 heavy (non-hydrogen) atoms. The molecule has 4 rings (SSSR count). The van der Waals surface area contributed by atoms with Gasteiger partial charge in [-0.1, -0.05) is 0 Å². The highest BCUT2D eigenvalue weighted by Crippen LogP contribution is 2.54. The predicted molar refractivity (Wildman–Crippen MR) is 93.9 cm³/mol. The van der Waals surface area contributed by atoms with Crippen molar-refractivity contribution >= 4 is 23.4 Å². The van der Waals surface area contributed by atoms with Crippen LogP contribution in [0.4, 0.5) is 10.1 Å². The molecular weight excluding hydrogens is 353 g/mol. The Morgan fingerprint density at radius 1 is 1.22 bits per heavy atom. The number of anilines is 1. The van der Waals surface area contributed by atoms with Crippen LogP contribution in [0.2, 0.25) is 0 Å². The van der Waals surface area contributed by atoms with Gasteiger partial charge in [0.25, 0.3) is 0 Å². The lowest BCUT2D eigenvalue weighted by Crippen LogP contribution is -2.57. The number of fused-ring (bicyclic) bond motifs is 4. The summed E-state index contributed by atoms with van der Waals surface area (Å²) in [4.78, 5) is 40.7. The molecule has 3 N–H and O–H groups in total. The van der Waals surface area contributed by atoms with Crippen molar-refractivity contribution < 1.29 is 23.9 Å². The van der Waals surface area contributed by atoms with Gasteiger partial charge in [-0.25, -0.2) is 4.39 Å². The van der Waals surface area contributed by atoms with Gasteiger partial charge in [0, 0.05) is 22.8 Å². The molecule has 3 amide bonds. The largest absolute Gasteiger partial charge is 0.392 e. The third-order valence-corrected chi connectivity index (χ3v) is 5.80. The van der Waals surface area contributed by atoms with Crippen LogP contribution in [-0.2, 0) is 19.9 Å². The zero-order valence-corrected chi connectivity index (χ0v) is 15.5. The first-order valence-electron chi connectivity index (χ1n) is 8.95. The number of amides is 3. The van der Waals surface area contributed by atoms with Crippen molar-refractivity contribution in [2.24, 2.45) is 11.8 Å². The van der Waals surface area contributed by atoms with E-state index in [0.717, 1.165) is 0 Å². The zero-order chi connectivity index (χ0) is 19.9. The lowest BCUT2D eigenvalue weighted by atomic mass is 9.76. The molecule has 5 atom stereocenters. The molecule has 7 nitrogen and oxygen atoms in total. The van der Waals surface area contributed by atoms with Crippen LogP contribution >= 0.6 is 0 Å². The van der Waals surface area contributed by atoms with Crippen LogP contribution in [-0.4, -0.2) is 45.4 Å². The van der Waals surface area contributed by atoms with Gasteiger partial charge < -0.3 is 10.4 Å². The van der Waals surface area contributed by atoms with E-state index >= 15 is 0 Å². The number of imide groups is 1. The van der Waals surface area contributed by atoms with Crippen LogP contribution in [0.25, 0.3) is 0 Å². The quantitative estimate of drug-likeness (QED) is 0.629. The molecule has 3 heterocycles. The van der Waals surface area contributed by atoms with E-state index in [1.54, 1.807) is 20.8 Å². The van der Waals surface area contributed by atoms with Gasteiger partial charge in [-0.05, 0) is 45.9 Å². The molecule has 2 fully saturated rings. The number of aliphatic hydroxyl groups excluding tert-OH is 1. The topological polar surface area (TPSA) is 98.7 Å². The number of nitrogens with one attached hydrogen (secondary N) is 2. The van der Waals surface area contributed by atoms with Crippen molar-refractivity contribution in [2.45, 2.75) is 50.9 Å². The molecule has 0 bridgehead atoms. The first kappa shape index (κ1) is 18.1. The number of likely N-dealkylation sites (tertiary alicyclic amines) is 1. The number of aliphatic hydroxyl groups is 1. The van der Waals surface area contributed by atoms with E-state index in [0.29, 0.717) is 11.3 Å². The second-order valence-corrected chi connectivity index (χ2v) is 8.55. The number of halogens is 1. The van der Waals surface area contributed by atoms with E-state index in [9.17, 15) is 23.9 Å². The summed E-state index contributed by atoms with van der Waals surface area (Å²) in [5, 5.41) is 16.0. The maximum atomic E-state index is 14.0. The van der Waals surface area contributed by atoms with E-state index in [1.165, 1.54) is 30.0 Å². The Hall–Kier alpha value is -2.32. The molecule has 1 spiro atoms. The average Bonchev–Trinajstić information content (AvgIpc) is 3.13. The lowest BCUT2D eigenvalue weighted by molar-refractivity contribution is -0.148. The second kappa shape index (κ2) is 5.36. The standard InChI is InChI=1S/C19H22FN3O4/c1-8(24)14-12-13(16(26)23(15(12)25)18(2,3)4)19(22-14)10-7-9(20)5-6-11(10)21-17(19)27/h5-8,12-14,22,24H,1-4H3,(H,21,27)/t8-,12+,13+,14-,19+/m1/s1. The average molecular weight is 375 g/mol. The van der Waals surface area contributed by atoms with E-state index in [1.807, 2.05) is 0 Å². The molecule has 3 aliphatic rings. The van der Waals surface area contributed by atoms with E-state index in [4.69, 9.17) is 0 Å². The Balaban J connectivity index is 1.95. The molecule has 0 saturated carbocycles. The number of nitrogens with zero attached hydrogens (tertiary/aromatic N) is 1. The zero-order valence-electron chi connectivity index (χ0n) is 15.5. The smallest absolute Gasteiger partial charge is 0.250 e. The van der Waals surface area contributed by atoms with Crippen LogP contribution in [0.5, 0.6) is 0 Å². The molecule has 0 unspecified atom stereocenters. The third-order valence-electron chi connectivity index (χ3n) is 5.80. The second-order valence-electron chi connectivity index (χ2n) is 8.55. The maximum Gasteiger partial charge on any atom is 0.250 e. The summed E-state index contributed by atoms with van der Waals surface area (Å²) in [5.41, 5.74) is -1.67. The summed E-state index contributed by atoms with van der Waals surface area (Å²) < 4.78 is 14.0. The fraction of sp³-hybridized carbons (Fsp3) is 0.526. The van der Waals surface area contributed by atoms with Crippen molar-refractivity contribution in [3.05, 3.63) is 29.6 Å². The van der Waals surface area contributed by atoms with E-state index in [-0.39, 0.29) is 0 Å². The van der Waals surface area contributed by atoms with Crippen molar-refractivity contribution in [1.82, 2.24) is 10.2 Å². The minimum atomic E-state index is -1.59. The summed E-state index contributed by atoms with van der Waals surface area (Å²) in [5.74, 6) is -3.93. The maximum absolute atomic E-state index is 14.0. The third kappa shape index (κ3) is 2.17. The van der Waals surface area contributed by atoms with Gasteiger partial charge in [0.05, 0.1) is 17.9 Å². The monoisotopic (exact) mass is 375 g/mol. The van der Waals surface area contributed by atoms with Crippen molar-refractivity contribution in [3.63, 3.8) is 0 Å². The normalized spacial score (nSPS) is 33.5. The first-order valence-corrected chi connectivity index (χ1v) is 8.95. The highest BCUT2D eigenvalue weighted by atomic mass is 19.1. The summed E-state index contributed by atoms with van der Waals surface area (Å²) in [6.45, 7) is 6.72. The number of hydrogen-bond acceptors (Lipinski definition) is 5. The van der Waals surface area contributed by atoms with Gasteiger partial charge in [-0.15, -0.1) is 0 Å². The van der Waals surface area contributed by atoms with Gasteiger partial charge in [0.1, 0.15) is 11.4 Å². The van der Waals surface area contributed by atoms with Crippen molar-refractivity contribution in [2.75, 3.05) is 5.32 Å². The molecule has 3 aliphatic heterocycles. The summed E-state index contributed by atoms with van der Waals surface area (Å²) >= 11 is 0. The van der Waals surface area contributed by atoms with E-state index < -0.39 is 58.6 Å². The molecule has 2 saturated heterocycles. The highest BCUT2D eigenvalue weighted by Gasteiger charge is 2.72. The molecular formula is C19H22FN3O4. The Labute approximate surface area is 155 Å². The van der Waals surface area contributed by atoms with Crippen LogP contribution in [0.15, 0.2) is 18.2 Å². The summed E-state index contributed by atoms with van der Waals surface area (Å²) in [7, 11) is 0. The predicted octanol–water partition coefficient (Wildman–Crippen LogP) is 0.725. The minimum Gasteiger partial charge on any atom is -0.392 e. The van der Waals surface area contributed by atoms with Crippen molar-refractivity contribution in [3.8, 4) is 0 Å². The molecule has 144 valence electrons. The molecule has 1 aromatic rings. The fourth-order valence-electron chi connectivity index (χ4n) is 4.78. The van der Waals surface area contributed by atoms with Crippen LogP contribution in [0.3, 0.4) is 0 Å². The number of rotatable bonds is 1. The van der Waals surface area contributed by atoms with Crippen LogP contribution in [0.1, 0.15) is 33.3 Å². The summed E-state index contributed by atoms with van der Waals surface area (Å²) in [6, 6.07) is 3.06. The van der Waals surface area contributed by atoms with Gasteiger partial charge in [-0.3, -0.25) is 24.6 Å². The van der Waals surface area contributed by atoms with Crippen LogP contribution in [0, 0.1) is 17.7 Å². The lowest BCUT2D eigenvalue weighted by Gasteiger charge is -2.35. The number of carbonyl (C=O) groups excluding carboxylic acids is 3. The molecule has 0 radical (unpaired) electrons. The van der Waals surface area contributed by atoms with Gasteiger partial charge in [0.15, 0.2) is 0 Å².